The minimum absolute atomic E-state index is 0.729. The lowest BCUT2D eigenvalue weighted by Gasteiger charge is -2.11. The van der Waals surface area contributed by atoms with Crippen LogP contribution in [0.5, 0.6) is 5.75 Å². The van der Waals surface area contributed by atoms with Gasteiger partial charge in [0, 0.05) is 10.9 Å². The Bertz CT molecular complexity index is 858. The maximum atomic E-state index is 5.69. The fourth-order valence-electron chi connectivity index (χ4n) is 3.14. The lowest BCUT2D eigenvalue weighted by Crippen LogP contribution is -2.10. The Kier molecular flexibility index (Phi) is 2.59. The molecule has 0 saturated heterocycles. The second-order valence-corrected chi connectivity index (χ2v) is 5.18. The van der Waals surface area contributed by atoms with Crippen molar-refractivity contribution in [3.8, 4) is 16.9 Å². The minimum atomic E-state index is 0.729. The second kappa shape index (κ2) is 4.46. The summed E-state index contributed by atoms with van der Waals surface area (Å²) in [7, 11) is 1.69. The second-order valence-electron chi connectivity index (χ2n) is 5.18. The maximum absolute atomic E-state index is 5.69. The highest BCUT2D eigenvalue weighted by molar-refractivity contribution is 5.97. The highest BCUT2D eigenvalue weighted by Crippen LogP contribution is 2.44. The molecule has 0 saturated carbocycles. The monoisotopic (exact) mass is 277 g/mol. The summed E-state index contributed by atoms with van der Waals surface area (Å²) in [5.41, 5.74) is 8.52. The Balaban J connectivity index is 2.04. The van der Waals surface area contributed by atoms with Crippen LogP contribution >= 0.6 is 0 Å². The van der Waals surface area contributed by atoms with Gasteiger partial charge >= 0.3 is 0 Å². The molecule has 0 atom stereocenters. The number of benzene rings is 2. The fraction of sp³-hybridized carbons (Fsp3) is 0.118. The number of nitrogens with two attached hydrogens (primary N) is 1. The highest BCUT2D eigenvalue weighted by Gasteiger charge is 2.25. The average molecular weight is 277 g/mol. The van der Waals surface area contributed by atoms with Crippen molar-refractivity contribution in [2.45, 2.75) is 6.42 Å². The third-order valence-electron chi connectivity index (χ3n) is 4.09. The van der Waals surface area contributed by atoms with Crippen LogP contribution in [-0.4, -0.2) is 12.1 Å². The van der Waals surface area contributed by atoms with Crippen molar-refractivity contribution in [2.24, 2.45) is 5.84 Å². The summed E-state index contributed by atoms with van der Waals surface area (Å²) in [5, 5.41) is 1.18. The van der Waals surface area contributed by atoms with E-state index < -0.39 is 0 Å². The van der Waals surface area contributed by atoms with Gasteiger partial charge in [-0.25, -0.2) is 10.8 Å². The van der Waals surface area contributed by atoms with E-state index in [-0.39, 0.29) is 0 Å². The first-order valence-electron chi connectivity index (χ1n) is 6.87. The van der Waals surface area contributed by atoms with Gasteiger partial charge in [-0.2, -0.15) is 0 Å². The number of ether oxygens (including phenoxy) is 1. The molecule has 0 bridgehead atoms. The molecule has 1 heterocycles. The highest BCUT2D eigenvalue weighted by atomic mass is 16.5. The van der Waals surface area contributed by atoms with Gasteiger partial charge in [0.25, 0.3) is 0 Å². The Morgan fingerprint density at radius 1 is 1.19 bits per heavy atom. The number of anilines is 1. The number of methoxy groups -OCH3 is 1. The van der Waals surface area contributed by atoms with Gasteiger partial charge in [-0.3, -0.25) is 0 Å². The Morgan fingerprint density at radius 2 is 2.05 bits per heavy atom. The van der Waals surface area contributed by atoms with Crippen LogP contribution in [0.3, 0.4) is 0 Å². The molecule has 4 rings (SSSR count). The zero-order valence-electron chi connectivity index (χ0n) is 11.7. The maximum Gasteiger partial charge on any atom is 0.148 e. The van der Waals surface area contributed by atoms with Gasteiger partial charge in [-0.1, -0.05) is 24.3 Å². The Morgan fingerprint density at radius 3 is 2.86 bits per heavy atom. The van der Waals surface area contributed by atoms with Crippen LogP contribution in [0.2, 0.25) is 0 Å². The number of hydrazine groups is 1. The summed E-state index contributed by atoms with van der Waals surface area (Å²) in [4.78, 5) is 4.64. The normalized spacial score (nSPS) is 12.1. The zero-order valence-corrected chi connectivity index (χ0v) is 11.7. The smallest absolute Gasteiger partial charge is 0.148 e. The van der Waals surface area contributed by atoms with Crippen LogP contribution in [-0.2, 0) is 6.42 Å². The lowest BCUT2D eigenvalue weighted by molar-refractivity contribution is 0.414. The number of hydrogen-bond donors (Lipinski definition) is 2. The number of hydrogen-bond acceptors (Lipinski definition) is 4. The van der Waals surface area contributed by atoms with E-state index in [2.05, 4.69) is 28.6 Å². The quantitative estimate of drug-likeness (QED) is 0.436. The van der Waals surface area contributed by atoms with E-state index in [9.17, 15) is 0 Å². The number of pyridine rings is 1. The van der Waals surface area contributed by atoms with Crippen molar-refractivity contribution < 1.29 is 4.74 Å². The van der Waals surface area contributed by atoms with Gasteiger partial charge in [0.1, 0.15) is 11.6 Å². The van der Waals surface area contributed by atoms with Gasteiger partial charge in [-0.15, -0.1) is 0 Å². The number of nitrogens with one attached hydrogen (secondary N) is 1. The summed E-state index contributed by atoms with van der Waals surface area (Å²) in [6.07, 6.45) is 0.875. The van der Waals surface area contributed by atoms with Gasteiger partial charge in [0.2, 0.25) is 0 Å². The fourth-order valence-corrected chi connectivity index (χ4v) is 3.14. The van der Waals surface area contributed by atoms with Gasteiger partial charge in [0.05, 0.1) is 12.6 Å². The molecule has 2 aromatic carbocycles. The number of fused-ring (bicyclic) bond motifs is 5. The van der Waals surface area contributed by atoms with E-state index in [1.165, 1.54) is 22.1 Å². The zero-order chi connectivity index (χ0) is 14.4. The average Bonchev–Trinajstić information content (AvgIpc) is 2.92. The third kappa shape index (κ3) is 1.69. The summed E-state index contributed by atoms with van der Waals surface area (Å²) in [6, 6.07) is 14.3. The molecule has 0 fully saturated rings. The molecule has 1 aliphatic carbocycles. The van der Waals surface area contributed by atoms with Crippen LogP contribution < -0.4 is 16.0 Å². The predicted molar refractivity (Wildman–Crippen MR) is 84.3 cm³/mol. The number of aromatic nitrogens is 1. The van der Waals surface area contributed by atoms with Crippen LogP contribution in [0.1, 0.15) is 11.1 Å². The molecular formula is C17H15N3O. The van der Waals surface area contributed by atoms with Gasteiger partial charge in [-0.05, 0) is 41.3 Å². The minimum Gasteiger partial charge on any atom is -0.497 e. The molecule has 21 heavy (non-hydrogen) atoms. The molecule has 3 N–H and O–H groups in total. The van der Waals surface area contributed by atoms with Crippen LogP contribution in [0.15, 0.2) is 42.5 Å². The Labute approximate surface area is 122 Å². The number of rotatable bonds is 2. The number of nitrogens with zero attached hydrogens (tertiary/aromatic N) is 1. The molecule has 1 aliphatic rings. The SMILES string of the molecule is COc1ccc2c(c1)Cc1c-2c(NN)nc2ccccc12. The van der Waals surface area contributed by atoms with Crippen molar-refractivity contribution in [3.63, 3.8) is 0 Å². The molecule has 3 aromatic rings. The molecule has 0 amide bonds. The van der Waals surface area contributed by atoms with Crippen LogP contribution in [0.25, 0.3) is 22.0 Å². The third-order valence-corrected chi connectivity index (χ3v) is 4.09. The van der Waals surface area contributed by atoms with E-state index in [4.69, 9.17) is 10.6 Å². The van der Waals surface area contributed by atoms with Gasteiger partial charge in [0.15, 0.2) is 0 Å². The largest absolute Gasteiger partial charge is 0.497 e. The van der Waals surface area contributed by atoms with Crippen molar-refractivity contribution in [1.82, 2.24) is 4.98 Å². The first kappa shape index (κ1) is 12.2. The van der Waals surface area contributed by atoms with E-state index >= 15 is 0 Å². The van der Waals surface area contributed by atoms with E-state index in [1.807, 2.05) is 24.3 Å². The number of nitrogen functional groups attached to an aromatic ring is 1. The molecular weight excluding hydrogens is 262 g/mol. The standard InChI is InChI=1S/C17H15N3O/c1-21-11-6-7-12-10(8-11)9-14-13-4-2-3-5-15(13)19-17(20-18)16(12)14/h2-8H,9,18H2,1H3,(H,19,20). The first-order valence-corrected chi connectivity index (χ1v) is 6.87. The van der Waals surface area contributed by atoms with E-state index in [0.717, 1.165) is 29.1 Å². The van der Waals surface area contributed by atoms with Crippen LogP contribution in [0, 0.1) is 0 Å². The summed E-state index contributed by atoms with van der Waals surface area (Å²) >= 11 is 0. The molecule has 0 spiro atoms. The molecule has 0 radical (unpaired) electrons. The first-order chi connectivity index (χ1) is 10.3. The number of para-hydroxylation sites is 1. The van der Waals surface area contributed by atoms with Crippen LogP contribution in [0.4, 0.5) is 5.82 Å². The molecule has 0 aliphatic heterocycles. The molecule has 0 unspecified atom stereocenters. The molecule has 4 nitrogen and oxygen atoms in total. The predicted octanol–water partition coefficient (Wildman–Crippen LogP) is 3.10. The van der Waals surface area contributed by atoms with Crippen molar-refractivity contribution in [3.05, 3.63) is 53.6 Å². The summed E-state index contributed by atoms with van der Waals surface area (Å²) in [6.45, 7) is 0. The summed E-state index contributed by atoms with van der Waals surface area (Å²) in [5.74, 6) is 7.30. The molecule has 4 heteroatoms. The lowest BCUT2D eigenvalue weighted by atomic mass is 10.0. The van der Waals surface area contributed by atoms with E-state index in [1.54, 1.807) is 7.11 Å². The Hall–Kier alpha value is -2.59. The van der Waals surface area contributed by atoms with Crippen molar-refractivity contribution in [1.29, 1.82) is 0 Å². The summed E-state index contributed by atoms with van der Waals surface area (Å²) < 4.78 is 5.33. The van der Waals surface area contributed by atoms with Crippen molar-refractivity contribution >= 4 is 16.7 Å². The topological polar surface area (TPSA) is 60.2 Å². The van der Waals surface area contributed by atoms with E-state index in [0.29, 0.717) is 0 Å². The molecule has 1 aromatic heterocycles. The van der Waals surface area contributed by atoms with Gasteiger partial charge < -0.3 is 10.2 Å². The van der Waals surface area contributed by atoms with Crippen molar-refractivity contribution in [2.75, 3.05) is 12.5 Å². The molecule has 104 valence electrons.